The quantitative estimate of drug-likeness (QED) is 0.756. The lowest BCUT2D eigenvalue weighted by atomic mass is 10.1. The summed E-state index contributed by atoms with van der Waals surface area (Å²) in [5.41, 5.74) is 11.1. The van der Waals surface area contributed by atoms with Crippen molar-refractivity contribution in [3.63, 3.8) is 0 Å². The van der Waals surface area contributed by atoms with Crippen molar-refractivity contribution in [1.29, 1.82) is 0 Å². The molecule has 3 rings (SSSR count). The first kappa shape index (κ1) is 12.4. The standard InChI is InChI=1S/C15H14BrN3/c1-9-11(5-3-6-12(9)16)15-18-13-7-2-4-10(8-17)14(13)19-15/h2-7H,8,17H2,1H3,(H,18,19). The van der Waals surface area contributed by atoms with Crippen LogP contribution in [0.25, 0.3) is 22.4 Å². The maximum absolute atomic E-state index is 5.76. The van der Waals surface area contributed by atoms with Crippen molar-refractivity contribution >= 4 is 27.0 Å². The lowest BCUT2D eigenvalue weighted by Gasteiger charge is -2.03. The Morgan fingerprint density at radius 1 is 1.21 bits per heavy atom. The van der Waals surface area contributed by atoms with Gasteiger partial charge in [-0.15, -0.1) is 0 Å². The number of H-pyrrole nitrogens is 1. The summed E-state index contributed by atoms with van der Waals surface area (Å²) in [6, 6.07) is 12.2. The molecule has 0 radical (unpaired) electrons. The predicted molar refractivity (Wildman–Crippen MR) is 81.9 cm³/mol. The van der Waals surface area contributed by atoms with Gasteiger partial charge in [0, 0.05) is 16.6 Å². The zero-order valence-corrected chi connectivity index (χ0v) is 12.2. The van der Waals surface area contributed by atoms with E-state index in [9.17, 15) is 0 Å². The summed E-state index contributed by atoms with van der Waals surface area (Å²) in [5, 5.41) is 0. The number of benzene rings is 2. The van der Waals surface area contributed by atoms with Crippen LogP contribution in [0.3, 0.4) is 0 Å². The number of aromatic amines is 1. The van der Waals surface area contributed by atoms with E-state index in [1.807, 2.05) is 30.3 Å². The lowest BCUT2D eigenvalue weighted by molar-refractivity contribution is 1.08. The maximum atomic E-state index is 5.76. The number of nitrogens with two attached hydrogens (primary N) is 1. The van der Waals surface area contributed by atoms with Crippen molar-refractivity contribution in [1.82, 2.24) is 9.97 Å². The Balaban J connectivity index is 2.24. The molecule has 0 aliphatic carbocycles. The minimum Gasteiger partial charge on any atom is -0.338 e. The van der Waals surface area contributed by atoms with Gasteiger partial charge >= 0.3 is 0 Å². The molecule has 19 heavy (non-hydrogen) atoms. The van der Waals surface area contributed by atoms with Gasteiger partial charge in [-0.05, 0) is 30.2 Å². The molecule has 1 heterocycles. The minimum atomic E-state index is 0.499. The third-order valence-corrected chi connectivity index (χ3v) is 4.20. The molecule has 4 heteroatoms. The molecule has 0 aliphatic heterocycles. The van der Waals surface area contributed by atoms with Gasteiger partial charge in [0.2, 0.25) is 0 Å². The minimum absolute atomic E-state index is 0.499. The number of para-hydroxylation sites is 1. The normalized spacial score (nSPS) is 11.1. The highest BCUT2D eigenvalue weighted by Gasteiger charge is 2.11. The Morgan fingerprint density at radius 3 is 2.79 bits per heavy atom. The molecule has 0 amide bonds. The third kappa shape index (κ3) is 2.07. The van der Waals surface area contributed by atoms with Crippen LogP contribution in [0.2, 0.25) is 0 Å². The first-order valence-electron chi connectivity index (χ1n) is 6.14. The molecule has 3 aromatic rings. The number of rotatable bonds is 2. The molecule has 0 unspecified atom stereocenters. The van der Waals surface area contributed by atoms with Gasteiger partial charge in [0.25, 0.3) is 0 Å². The van der Waals surface area contributed by atoms with Crippen LogP contribution in [0.4, 0.5) is 0 Å². The van der Waals surface area contributed by atoms with Crippen molar-refractivity contribution in [3.8, 4) is 11.4 Å². The number of hydrogen-bond donors (Lipinski definition) is 2. The summed E-state index contributed by atoms with van der Waals surface area (Å²) < 4.78 is 1.09. The van der Waals surface area contributed by atoms with E-state index >= 15 is 0 Å². The average Bonchev–Trinajstić information content (AvgIpc) is 2.85. The molecule has 0 aliphatic rings. The van der Waals surface area contributed by atoms with Crippen molar-refractivity contribution in [2.24, 2.45) is 5.73 Å². The van der Waals surface area contributed by atoms with Crippen LogP contribution < -0.4 is 5.73 Å². The van der Waals surface area contributed by atoms with Crippen LogP contribution in [0.5, 0.6) is 0 Å². The van der Waals surface area contributed by atoms with E-state index in [-0.39, 0.29) is 0 Å². The molecule has 0 fully saturated rings. The van der Waals surface area contributed by atoms with E-state index in [4.69, 9.17) is 10.7 Å². The van der Waals surface area contributed by atoms with Gasteiger partial charge in [-0.2, -0.15) is 0 Å². The number of fused-ring (bicyclic) bond motifs is 1. The van der Waals surface area contributed by atoms with Crippen LogP contribution >= 0.6 is 15.9 Å². The smallest absolute Gasteiger partial charge is 0.138 e. The Kier molecular flexibility index (Phi) is 3.12. The van der Waals surface area contributed by atoms with E-state index in [1.165, 1.54) is 5.56 Å². The Hall–Kier alpha value is -1.65. The summed E-state index contributed by atoms with van der Waals surface area (Å²) in [6.45, 7) is 2.58. The van der Waals surface area contributed by atoms with E-state index in [0.29, 0.717) is 6.54 Å². The second kappa shape index (κ2) is 4.79. The highest BCUT2D eigenvalue weighted by atomic mass is 79.9. The molecule has 3 nitrogen and oxygen atoms in total. The summed E-state index contributed by atoms with van der Waals surface area (Å²) in [4.78, 5) is 8.07. The molecule has 1 aromatic heterocycles. The van der Waals surface area contributed by atoms with Crippen LogP contribution in [0.1, 0.15) is 11.1 Å². The van der Waals surface area contributed by atoms with E-state index in [1.54, 1.807) is 0 Å². The van der Waals surface area contributed by atoms with Crippen molar-refractivity contribution in [3.05, 3.63) is 52.0 Å². The monoisotopic (exact) mass is 315 g/mol. The third-order valence-electron chi connectivity index (χ3n) is 3.34. The van der Waals surface area contributed by atoms with Gasteiger partial charge in [0.05, 0.1) is 11.0 Å². The number of halogens is 1. The summed E-state index contributed by atoms with van der Waals surface area (Å²) in [6.07, 6.45) is 0. The summed E-state index contributed by atoms with van der Waals surface area (Å²) >= 11 is 3.55. The Morgan fingerprint density at radius 2 is 2.00 bits per heavy atom. The Labute approximate surface area is 120 Å². The zero-order valence-electron chi connectivity index (χ0n) is 10.6. The first-order valence-corrected chi connectivity index (χ1v) is 6.93. The van der Waals surface area contributed by atoms with Gasteiger partial charge < -0.3 is 10.7 Å². The molecule has 0 spiro atoms. The van der Waals surface area contributed by atoms with Crippen molar-refractivity contribution < 1.29 is 0 Å². The molecular formula is C15H14BrN3. The van der Waals surface area contributed by atoms with E-state index < -0.39 is 0 Å². The molecule has 3 N–H and O–H groups in total. The molecule has 0 saturated heterocycles. The fraction of sp³-hybridized carbons (Fsp3) is 0.133. The maximum Gasteiger partial charge on any atom is 0.138 e. The van der Waals surface area contributed by atoms with Gasteiger partial charge in [0.15, 0.2) is 0 Å². The number of nitrogens with zero attached hydrogens (tertiary/aromatic N) is 1. The second-order valence-electron chi connectivity index (χ2n) is 4.52. The lowest BCUT2D eigenvalue weighted by Crippen LogP contribution is -1.96. The summed E-state index contributed by atoms with van der Waals surface area (Å²) in [5.74, 6) is 0.884. The second-order valence-corrected chi connectivity index (χ2v) is 5.37. The van der Waals surface area contributed by atoms with Crippen molar-refractivity contribution in [2.75, 3.05) is 0 Å². The SMILES string of the molecule is Cc1c(Br)cccc1-c1nc2c(CN)cccc2[nH]1. The number of hydrogen-bond acceptors (Lipinski definition) is 2. The molecule has 0 atom stereocenters. The summed E-state index contributed by atoms with van der Waals surface area (Å²) in [7, 11) is 0. The molecule has 2 aromatic carbocycles. The number of imidazole rings is 1. The predicted octanol–water partition coefficient (Wildman–Crippen LogP) is 3.76. The largest absolute Gasteiger partial charge is 0.338 e. The zero-order chi connectivity index (χ0) is 13.4. The van der Waals surface area contributed by atoms with Crippen LogP contribution in [-0.2, 0) is 6.54 Å². The number of aromatic nitrogens is 2. The molecule has 96 valence electrons. The highest BCUT2D eigenvalue weighted by molar-refractivity contribution is 9.10. The highest BCUT2D eigenvalue weighted by Crippen LogP contribution is 2.28. The van der Waals surface area contributed by atoms with Gasteiger partial charge in [0.1, 0.15) is 5.82 Å². The van der Waals surface area contributed by atoms with E-state index in [2.05, 4.69) is 33.9 Å². The van der Waals surface area contributed by atoms with Gasteiger partial charge in [-0.3, -0.25) is 0 Å². The van der Waals surface area contributed by atoms with Crippen LogP contribution in [0, 0.1) is 6.92 Å². The van der Waals surface area contributed by atoms with Crippen LogP contribution in [0.15, 0.2) is 40.9 Å². The first-order chi connectivity index (χ1) is 9.20. The van der Waals surface area contributed by atoms with E-state index in [0.717, 1.165) is 32.5 Å². The van der Waals surface area contributed by atoms with Crippen LogP contribution in [-0.4, -0.2) is 9.97 Å². The fourth-order valence-electron chi connectivity index (χ4n) is 2.25. The fourth-order valence-corrected chi connectivity index (χ4v) is 2.61. The van der Waals surface area contributed by atoms with Gasteiger partial charge in [-0.25, -0.2) is 4.98 Å². The molecule has 0 bridgehead atoms. The average molecular weight is 316 g/mol. The number of nitrogens with one attached hydrogen (secondary N) is 1. The molecule has 0 saturated carbocycles. The Bertz CT molecular complexity index is 746. The topological polar surface area (TPSA) is 54.7 Å². The molecular weight excluding hydrogens is 302 g/mol. The van der Waals surface area contributed by atoms with Crippen molar-refractivity contribution in [2.45, 2.75) is 13.5 Å². The van der Waals surface area contributed by atoms with Gasteiger partial charge in [-0.1, -0.05) is 40.2 Å².